The molecule has 0 aliphatic heterocycles. The van der Waals surface area contributed by atoms with E-state index in [9.17, 15) is 9.59 Å². The largest absolute Gasteiger partial charge is 0.484 e. The van der Waals surface area contributed by atoms with Crippen LogP contribution in [0.15, 0.2) is 60.0 Å². The Morgan fingerprint density at radius 3 is 2.59 bits per heavy atom. The molecule has 0 radical (unpaired) electrons. The number of nitrogens with one attached hydrogen (secondary N) is 3. The van der Waals surface area contributed by atoms with Crippen LogP contribution >= 0.6 is 11.3 Å². The van der Waals surface area contributed by atoms with Gasteiger partial charge < -0.3 is 20.7 Å². The van der Waals surface area contributed by atoms with Gasteiger partial charge in [-0.05, 0) is 61.7 Å². The van der Waals surface area contributed by atoms with Crippen LogP contribution in [-0.4, -0.2) is 41.5 Å². The lowest BCUT2D eigenvalue weighted by Gasteiger charge is -2.11. The number of hydrogen-bond acceptors (Lipinski definition) is 7. The highest BCUT2D eigenvalue weighted by Crippen LogP contribution is 2.32. The summed E-state index contributed by atoms with van der Waals surface area (Å²) in [5.41, 5.74) is 2.98. The van der Waals surface area contributed by atoms with Crippen LogP contribution < -0.4 is 20.7 Å². The van der Waals surface area contributed by atoms with Crippen LogP contribution in [0, 0.1) is 0 Å². The molecule has 8 nitrogen and oxygen atoms in total. The van der Waals surface area contributed by atoms with E-state index in [0.29, 0.717) is 23.0 Å². The molecule has 2 aromatic heterocycles. The zero-order chi connectivity index (χ0) is 24.1. The molecule has 2 heterocycles. The lowest BCUT2D eigenvalue weighted by molar-refractivity contribution is -0.123. The van der Waals surface area contributed by atoms with Gasteiger partial charge in [0.1, 0.15) is 5.75 Å². The summed E-state index contributed by atoms with van der Waals surface area (Å²) >= 11 is 1.55. The van der Waals surface area contributed by atoms with Crippen LogP contribution in [-0.2, 0) is 4.79 Å². The van der Waals surface area contributed by atoms with Crippen molar-refractivity contribution in [1.82, 2.24) is 20.6 Å². The Bertz CT molecular complexity index is 1320. The topological polar surface area (TPSA) is 105 Å². The molecular formula is C25H25N5O3S. The minimum atomic E-state index is -0.176. The van der Waals surface area contributed by atoms with Crippen LogP contribution in [0.4, 0.5) is 11.5 Å². The highest BCUT2D eigenvalue weighted by molar-refractivity contribution is 7.17. The van der Waals surface area contributed by atoms with Crippen molar-refractivity contribution in [3.8, 4) is 17.1 Å². The van der Waals surface area contributed by atoms with E-state index in [-0.39, 0.29) is 24.5 Å². The lowest BCUT2D eigenvalue weighted by atomic mass is 10.2. The van der Waals surface area contributed by atoms with Crippen LogP contribution in [0.25, 0.3) is 21.6 Å². The minimum Gasteiger partial charge on any atom is -0.484 e. The van der Waals surface area contributed by atoms with E-state index in [0.717, 1.165) is 21.5 Å². The second-order valence-corrected chi connectivity index (χ2v) is 8.77. The van der Waals surface area contributed by atoms with Crippen molar-refractivity contribution >= 4 is 44.9 Å². The smallest absolute Gasteiger partial charge is 0.258 e. The number of aromatic nitrogens is 2. The van der Waals surface area contributed by atoms with E-state index in [4.69, 9.17) is 14.7 Å². The summed E-state index contributed by atoms with van der Waals surface area (Å²) in [6.45, 7) is 3.74. The van der Waals surface area contributed by atoms with E-state index in [1.807, 2.05) is 55.6 Å². The maximum Gasteiger partial charge on any atom is 0.258 e. The maximum absolute atomic E-state index is 11.9. The van der Waals surface area contributed by atoms with Gasteiger partial charge in [0.05, 0.1) is 10.2 Å². The normalized spacial score (nSPS) is 10.8. The Hall–Kier alpha value is -3.98. The van der Waals surface area contributed by atoms with Crippen molar-refractivity contribution < 1.29 is 14.3 Å². The number of ether oxygens (including phenoxy) is 1. The number of benzene rings is 2. The van der Waals surface area contributed by atoms with Gasteiger partial charge in [-0.3, -0.25) is 9.59 Å². The first-order chi connectivity index (χ1) is 16.4. The first-order valence-electron chi connectivity index (χ1n) is 10.8. The molecule has 0 spiro atoms. The highest BCUT2D eigenvalue weighted by atomic mass is 32.1. The molecule has 4 aromatic rings. The SMILES string of the molecule is CNC(=O)c1ccc(Nc2nc(-c3cccc(OCC(=O)NC(C)C)c3)nc3ccsc23)cc1. The van der Waals surface area contributed by atoms with E-state index in [2.05, 4.69) is 16.0 Å². The first-order valence-corrected chi connectivity index (χ1v) is 11.7. The van der Waals surface area contributed by atoms with Crippen molar-refractivity contribution in [2.75, 3.05) is 19.0 Å². The van der Waals surface area contributed by atoms with Gasteiger partial charge in [0.15, 0.2) is 18.2 Å². The molecule has 174 valence electrons. The van der Waals surface area contributed by atoms with Crippen LogP contribution in [0.3, 0.4) is 0 Å². The zero-order valence-electron chi connectivity index (χ0n) is 19.1. The second-order valence-electron chi connectivity index (χ2n) is 7.85. The summed E-state index contributed by atoms with van der Waals surface area (Å²) in [4.78, 5) is 33.2. The number of amides is 2. The van der Waals surface area contributed by atoms with E-state index in [1.165, 1.54) is 0 Å². The van der Waals surface area contributed by atoms with Crippen molar-refractivity contribution in [2.45, 2.75) is 19.9 Å². The van der Waals surface area contributed by atoms with E-state index < -0.39 is 0 Å². The van der Waals surface area contributed by atoms with Gasteiger partial charge in [0, 0.05) is 29.9 Å². The third-order valence-electron chi connectivity index (χ3n) is 4.85. The maximum atomic E-state index is 11.9. The molecule has 2 amide bonds. The molecule has 2 aromatic carbocycles. The molecule has 0 fully saturated rings. The molecule has 9 heteroatoms. The Kier molecular flexibility index (Phi) is 7.03. The molecule has 0 unspecified atom stereocenters. The molecule has 3 N–H and O–H groups in total. The van der Waals surface area contributed by atoms with E-state index in [1.54, 1.807) is 36.6 Å². The molecule has 0 saturated carbocycles. The van der Waals surface area contributed by atoms with Gasteiger partial charge in [-0.25, -0.2) is 9.97 Å². The fourth-order valence-electron chi connectivity index (χ4n) is 3.30. The van der Waals surface area contributed by atoms with Crippen LogP contribution in [0.1, 0.15) is 24.2 Å². The number of thiophene rings is 1. The zero-order valence-corrected chi connectivity index (χ0v) is 19.9. The third kappa shape index (κ3) is 5.49. The quantitative estimate of drug-likeness (QED) is 0.350. The molecule has 0 aliphatic rings. The molecule has 4 rings (SSSR count). The minimum absolute atomic E-state index is 0.0547. The molecule has 0 bridgehead atoms. The fraction of sp³-hybridized carbons (Fsp3) is 0.200. The number of fused-ring (bicyclic) bond motifs is 1. The Morgan fingerprint density at radius 1 is 1.06 bits per heavy atom. The fourth-order valence-corrected chi connectivity index (χ4v) is 4.08. The van der Waals surface area contributed by atoms with Crippen molar-refractivity contribution in [1.29, 1.82) is 0 Å². The van der Waals surface area contributed by atoms with Crippen LogP contribution in [0.5, 0.6) is 5.75 Å². The highest BCUT2D eigenvalue weighted by Gasteiger charge is 2.13. The molecular weight excluding hydrogens is 450 g/mol. The number of carbonyl (C=O) groups excluding carboxylic acids is 2. The van der Waals surface area contributed by atoms with Gasteiger partial charge in [-0.2, -0.15) is 0 Å². The predicted octanol–water partition coefficient (Wildman–Crippen LogP) is 4.36. The number of rotatable bonds is 8. The number of carbonyl (C=O) groups is 2. The van der Waals surface area contributed by atoms with Gasteiger partial charge in [0.2, 0.25) is 0 Å². The average Bonchev–Trinajstić information content (AvgIpc) is 3.32. The molecule has 0 aliphatic carbocycles. The molecule has 0 atom stereocenters. The van der Waals surface area contributed by atoms with Crippen molar-refractivity contribution in [3.63, 3.8) is 0 Å². The van der Waals surface area contributed by atoms with Crippen molar-refractivity contribution in [2.24, 2.45) is 0 Å². The first kappa shape index (κ1) is 23.2. The predicted molar refractivity (Wildman–Crippen MR) is 135 cm³/mol. The third-order valence-corrected chi connectivity index (χ3v) is 5.76. The summed E-state index contributed by atoms with van der Waals surface area (Å²) in [7, 11) is 1.60. The summed E-state index contributed by atoms with van der Waals surface area (Å²) in [6.07, 6.45) is 0. The Labute approximate surface area is 201 Å². The van der Waals surface area contributed by atoms with Crippen LogP contribution in [0.2, 0.25) is 0 Å². The second kappa shape index (κ2) is 10.3. The average molecular weight is 476 g/mol. The summed E-state index contributed by atoms with van der Waals surface area (Å²) < 4.78 is 6.58. The standard InChI is InChI=1S/C25H25N5O3S/c1-15(2)27-21(31)14-33-19-6-4-5-17(13-19)23-29-20-11-12-34-22(20)24(30-23)28-18-9-7-16(8-10-18)25(32)26-3/h4-13,15H,14H2,1-3H3,(H,26,32)(H,27,31)(H,28,29,30). The monoisotopic (exact) mass is 475 g/mol. The van der Waals surface area contributed by atoms with E-state index >= 15 is 0 Å². The molecule has 34 heavy (non-hydrogen) atoms. The number of nitrogens with zero attached hydrogens (tertiary/aromatic N) is 2. The van der Waals surface area contributed by atoms with Gasteiger partial charge in [0.25, 0.3) is 11.8 Å². The molecule has 0 saturated heterocycles. The van der Waals surface area contributed by atoms with Gasteiger partial charge >= 0.3 is 0 Å². The Balaban J connectivity index is 1.59. The summed E-state index contributed by atoms with van der Waals surface area (Å²) in [5.74, 6) is 1.45. The van der Waals surface area contributed by atoms with Gasteiger partial charge in [-0.1, -0.05) is 12.1 Å². The number of hydrogen-bond donors (Lipinski definition) is 3. The summed E-state index contributed by atoms with van der Waals surface area (Å²) in [5, 5.41) is 10.7. The van der Waals surface area contributed by atoms with Crippen molar-refractivity contribution in [3.05, 3.63) is 65.5 Å². The van der Waals surface area contributed by atoms with Gasteiger partial charge in [-0.15, -0.1) is 11.3 Å². The lowest BCUT2D eigenvalue weighted by Crippen LogP contribution is -2.34. The summed E-state index contributed by atoms with van der Waals surface area (Å²) in [6, 6.07) is 16.5. The number of anilines is 2. The Morgan fingerprint density at radius 2 is 1.85 bits per heavy atom.